The maximum atomic E-state index is 5.25. The molecule has 0 amide bonds. The summed E-state index contributed by atoms with van der Waals surface area (Å²) in [5, 5.41) is 3.95. The first-order valence-electron chi connectivity index (χ1n) is 3.81. The third-order valence-corrected chi connectivity index (χ3v) is 3.17. The van der Waals surface area contributed by atoms with Gasteiger partial charge in [-0.05, 0) is 6.42 Å². The molecule has 1 heterocycles. The predicted molar refractivity (Wildman–Crippen MR) is 55.2 cm³/mol. The number of hydrogen-bond acceptors (Lipinski definition) is 4. The molecule has 0 aromatic heterocycles. The third-order valence-electron chi connectivity index (χ3n) is 1.93. The highest BCUT2D eigenvalue weighted by Crippen LogP contribution is 2.34. The van der Waals surface area contributed by atoms with E-state index in [1.54, 1.807) is 0 Å². The van der Waals surface area contributed by atoms with E-state index >= 15 is 0 Å². The Morgan fingerprint density at radius 3 is 3.42 bits per heavy atom. The van der Waals surface area contributed by atoms with Crippen molar-refractivity contribution in [1.29, 1.82) is 0 Å². The number of allylic oxidation sites excluding steroid dienone is 4. The van der Waals surface area contributed by atoms with Crippen LogP contribution in [0.25, 0.3) is 0 Å². The van der Waals surface area contributed by atoms with E-state index < -0.39 is 0 Å². The fraction of sp³-hybridized carbons (Fsp3) is 0.375. The van der Waals surface area contributed by atoms with Gasteiger partial charge in [-0.2, -0.15) is 5.11 Å². The largest absolute Gasteiger partial charge is 0.176 e. The van der Waals surface area contributed by atoms with Crippen molar-refractivity contribution in [1.82, 2.24) is 0 Å². The molecule has 2 nitrogen and oxygen atoms in total. The van der Waals surface area contributed by atoms with Crippen molar-refractivity contribution >= 4 is 29.0 Å². The van der Waals surface area contributed by atoms with Gasteiger partial charge in [0.25, 0.3) is 0 Å². The van der Waals surface area contributed by atoms with Crippen molar-refractivity contribution in [3.05, 3.63) is 23.1 Å². The molecule has 1 unspecified atom stereocenters. The molecule has 0 fully saturated rings. The standard InChI is InChI=1S/C8H8N2S2/c11-7-5-9-10-12-8-4-2-1-3-6(7)8/h1-2,4,6H,3,5H2. The monoisotopic (exact) mass is 196 g/mol. The highest BCUT2D eigenvalue weighted by Gasteiger charge is 2.22. The molecule has 1 aliphatic carbocycles. The first-order chi connectivity index (χ1) is 5.88. The van der Waals surface area contributed by atoms with Crippen LogP contribution >= 0.6 is 24.2 Å². The lowest BCUT2D eigenvalue weighted by atomic mass is 9.97. The zero-order chi connectivity index (χ0) is 8.39. The Morgan fingerprint density at radius 2 is 2.50 bits per heavy atom. The minimum absolute atomic E-state index is 0.394. The van der Waals surface area contributed by atoms with Crippen molar-refractivity contribution in [3.63, 3.8) is 0 Å². The Bertz CT molecular complexity index is 291. The van der Waals surface area contributed by atoms with Gasteiger partial charge in [0.05, 0.1) is 6.54 Å². The van der Waals surface area contributed by atoms with E-state index in [-0.39, 0.29) is 0 Å². The molecule has 0 saturated heterocycles. The van der Waals surface area contributed by atoms with Crippen LogP contribution < -0.4 is 0 Å². The summed E-state index contributed by atoms with van der Waals surface area (Å²) < 4.78 is 3.96. The van der Waals surface area contributed by atoms with Gasteiger partial charge >= 0.3 is 0 Å². The lowest BCUT2D eigenvalue weighted by Gasteiger charge is -2.16. The summed E-state index contributed by atoms with van der Waals surface area (Å²) >= 11 is 6.70. The van der Waals surface area contributed by atoms with E-state index in [0.717, 1.165) is 11.3 Å². The van der Waals surface area contributed by atoms with Gasteiger partial charge in [-0.1, -0.05) is 30.4 Å². The summed E-state index contributed by atoms with van der Waals surface area (Å²) in [7, 11) is 0. The number of thiocarbonyl (C=S) groups is 1. The van der Waals surface area contributed by atoms with Gasteiger partial charge in [0.15, 0.2) is 0 Å². The molecule has 0 aromatic carbocycles. The quantitative estimate of drug-likeness (QED) is 0.439. The average molecular weight is 196 g/mol. The summed E-state index contributed by atoms with van der Waals surface area (Å²) in [4.78, 5) is 2.25. The minimum Gasteiger partial charge on any atom is -0.176 e. The van der Waals surface area contributed by atoms with E-state index in [0.29, 0.717) is 12.5 Å². The van der Waals surface area contributed by atoms with Gasteiger partial charge in [-0.15, -0.1) is 4.52 Å². The fourth-order valence-corrected chi connectivity index (χ4v) is 2.35. The van der Waals surface area contributed by atoms with Gasteiger partial charge < -0.3 is 0 Å². The average Bonchev–Trinajstić information content (AvgIpc) is 2.29. The smallest absolute Gasteiger partial charge is 0.0928 e. The summed E-state index contributed by atoms with van der Waals surface area (Å²) in [5.74, 6) is 0.394. The molecule has 0 bridgehead atoms. The van der Waals surface area contributed by atoms with Gasteiger partial charge in [-0.3, -0.25) is 0 Å². The van der Waals surface area contributed by atoms with Gasteiger partial charge in [0.1, 0.15) is 0 Å². The van der Waals surface area contributed by atoms with Gasteiger partial charge in [0, 0.05) is 27.6 Å². The molecule has 2 rings (SSSR count). The zero-order valence-corrected chi connectivity index (χ0v) is 8.07. The van der Waals surface area contributed by atoms with E-state index in [1.165, 1.54) is 16.9 Å². The second-order valence-electron chi connectivity index (χ2n) is 2.72. The molecule has 1 atom stereocenters. The summed E-state index contributed by atoms with van der Waals surface area (Å²) in [5.41, 5.74) is 0. The topological polar surface area (TPSA) is 24.7 Å². The first-order valence-corrected chi connectivity index (χ1v) is 4.99. The minimum atomic E-state index is 0.394. The first kappa shape index (κ1) is 8.13. The summed E-state index contributed by atoms with van der Waals surface area (Å²) in [6.07, 6.45) is 7.30. The lowest BCUT2D eigenvalue weighted by Crippen LogP contribution is -2.15. The number of hydrogen-bond donors (Lipinski definition) is 0. The van der Waals surface area contributed by atoms with Crippen LogP contribution in [-0.2, 0) is 0 Å². The van der Waals surface area contributed by atoms with Crippen LogP contribution in [0.15, 0.2) is 32.8 Å². The van der Waals surface area contributed by atoms with Crippen LogP contribution in [0.1, 0.15) is 6.42 Å². The number of fused-ring (bicyclic) bond motifs is 1. The van der Waals surface area contributed by atoms with Crippen molar-refractivity contribution in [3.8, 4) is 0 Å². The van der Waals surface area contributed by atoms with E-state index in [9.17, 15) is 0 Å². The fourth-order valence-electron chi connectivity index (χ4n) is 1.28. The van der Waals surface area contributed by atoms with Crippen LogP contribution in [0.5, 0.6) is 0 Å². The molecule has 0 saturated carbocycles. The summed E-state index contributed by atoms with van der Waals surface area (Å²) in [6.45, 7) is 0.609. The van der Waals surface area contributed by atoms with Crippen molar-refractivity contribution in [2.75, 3.05) is 6.54 Å². The molecule has 4 heteroatoms. The highest BCUT2D eigenvalue weighted by molar-refractivity contribution is 8.01. The molecule has 0 aromatic rings. The second-order valence-corrected chi connectivity index (χ2v) is 4.07. The predicted octanol–water partition coefficient (Wildman–Crippen LogP) is 2.93. The SMILES string of the molecule is S=C1CN=NSC2=CC=CCC12. The van der Waals surface area contributed by atoms with Crippen molar-refractivity contribution in [2.24, 2.45) is 15.6 Å². The Morgan fingerprint density at radius 1 is 1.58 bits per heavy atom. The molecule has 0 radical (unpaired) electrons. The molecule has 0 spiro atoms. The molecular formula is C8H8N2S2. The van der Waals surface area contributed by atoms with Gasteiger partial charge in [0.2, 0.25) is 0 Å². The normalized spacial score (nSPS) is 27.8. The molecule has 12 heavy (non-hydrogen) atoms. The van der Waals surface area contributed by atoms with Crippen LogP contribution in [0, 0.1) is 5.92 Å². The molecule has 0 N–H and O–H groups in total. The van der Waals surface area contributed by atoms with Crippen molar-refractivity contribution < 1.29 is 0 Å². The molecule has 2 aliphatic rings. The third kappa shape index (κ3) is 1.49. The lowest BCUT2D eigenvalue weighted by molar-refractivity contribution is 0.857. The van der Waals surface area contributed by atoms with Crippen LogP contribution in [0.2, 0.25) is 0 Å². The van der Waals surface area contributed by atoms with E-state index in [4.69, 9.17) is 12.2 Å². The number of nitrogens with zero attached hydrogens (tertiary/aromatic N) is 2. The van der Waals surface area contributed by atoms with E-state index in [2.05, 4.69) is 27.9 Å². The Labute approximate surface area is 81.0 Å². The maximum Gasteiger partial charge on any atom is 0.0928 e. The number of rotatable bonds is 0. The van der Waals surface area contributed by atoms with Crippen LogP contribution in [0.3, 0.4) is 0 Å². The maximum absolute atomic E-state index is 5.25. The molecular weight excluding hydrogens is 188 g/mol. The second kappa shape index (κ2) is 3.49. The Balaban J connectivity index is 2.29. The highest BCUT2D eigenvalue weighted by atomic mass is 32.2. The Hall–Kier alpha value is -0.480. The van der Waals surface area contributed by atoms with E-state index in [1.807, 2.05) is 0 Å². The van der Waals surface area contributed by atoms with Crippen LogP contribution in [0.4, 0.5) is 0 Å². The zero-order valence-electron chi connectivity index (χ0n) is 6.43. The molecule has 62 valence electrons. The summed E-state index contributed by atoms with van der Waals surface area (Å²) in [6, 6.07) is 0. The van der Waals surface area contributed by atoms with Crippen molar-refractivity contribution in [2.45, 2.75) is 6.42 Å². The Kier molecular flexibility index (Phi) is 2.37. The van der Waals surface area contributed by atoms with Gasteiger partial charge in [-0.25, -0.2) is 0 Å². The molecule has 1 aliphatic heterocycles. The van der Waals surface area contributed by atoms with Crippen LogP contribution in [-0.4, -0.2) is 11.4 Å².